The van der Waals surface area contributed by atoms with Crippen LogP contribution < -0.4 is 5.73 Å². The summed E-state index contributed by atoms with van der Waals surface area (Å²) in [5, 5.41) is 0. The number of hydrogen-bond acceptors (Lipinski definition) is 3. The van der Waals surface area contributed by atoms with Crippen LogP contribution >= 0.6 is 0 Å². The maximum Gasteiger partial charge on any atom is 0.181 e. The molecule has 0 atom stereocenters. The number of rotatable bonds is 2. The minimum absolute atomic E-state index is 0.0567. The van der Waals surface area contributed by atoms with Gasteiger partial charge in [0.25, 0.3) is 0 Å². The second kappa shape index (κ2) is 4.02. The summed E-state index contributed by atoms with van der Waals surface area (Å²) in [4.78, 5) is 3.80. The van der Waals surface area contributed by atoms with Crippen LogP contribution in [0.5, 0.6) is 0 Å². The van der Waals surface area contributed by atoms with E-state index < -0.39 is 11.6 Å². The predicted molar refractivity (Wildman–Crippen MR) is 54.5 cm³/mol. The van der Waals surface area contributed by atoms with E-state index in [0.717, 1.165) is 6.39 Å². The van der Waals surface area contributed by atoms with Gasteiger partial charge in [0.15, 0.2) is 12.2 Å². The summed E-state index contributed by atoms with van der Waals surface area (Å²) in [6, 6.07) is 2.56. The molecule has 5 heteroatoms. The second-order valence-electron chi connectivity index (χ2n) is 3.39. The highest BCUT2D eigenvalue weighted by atomic mass is 19.1. The van der Waals surface area contributed by atoms with Crippen LogP contribution in [0.1, 0.15) is 11.3 Å². The molecule has 0 amide bonds. The first-order valence-electron chi connectivity index (χ1n) is 4.72. The monoisotopic (exact) mass is 224 g/mol. The van der Waals surface area contributed by atoms with Crippen LogP contribution in [-0.2, 0) is 6.54 Å². The van der Waals surface area contributed by atoms with Crippen LogP contribution in [0, 0.1) is 18.6 Å². The van der Waals surface area contributed by atoms with E-state index in [1.807, 2.05) is 0 Å². The van der Waals surface area contributed by atoms with Crippen molar-refractivity contribution >= 4 is 0 Å². The van der Waals surface area contributed by atoms with Gasteiger partial charge in [-0.25, -0.2) is 13.8 Å². The van der Waals surface area contributed by atoms with E-state index in [2.05, 4.69) is 4.98 Å². The molecule has 2 rings (SSSR count). The lowest BCUT2D eigenvalue weighted by atomic mass is 10.1. The number of oxazole rings is 1. The largest absolute Gasteiger partial charge is 0.443 e. The first-order valence-corrected chi connectivity index (χ1v) is 4.72. The molecule has 1 aromatic heterocycles. The van der Waals surface area contributed by atoms with E-state index in [1.165, 1.54) is 12.1 Å². The standard InChI is InChI=1S/C11H10F2N2O/c1-6-2-3-7(12)9(10(6)13)11-8(4-14)15-5-16-11/h2-3,5H,4,14H2,1H3. The van der Waals surface area contributed by atoms with Crippen LogP contribution in [0.4, 0.5) is 8.78 Å². The zero-order chi connectivity index (χ0) is 11.7. The highest BCUT2D eigenvalue weighted by Gasteiger charge is 2.19. The molecular weight excluding hydrogens is 214 g/mol. The fraction of sp³-hybridized carbons (Fsp3) is 0.182. The predicted octanol–water partition coefficient (Wildman–Crippen LogP) is 2.39. The Balaban J connectivity index is 2.68. The average Bonchev–Trinajstić information content (AvgIpc) is 2.72. The molecule has 0 spiro atoms. The molecule has 2 N–H and O–H groups in total. The van der Waals surface area contributed by atoms with Crippen LogP contribution in [0.15, 0.2) is 22.9 Å². The lowest BCUT2D eigenvalue weighted by Gasteiger charge is -2.05. The number of hydrogen-bond donors (Lipinski definition) is 1. The molecule has 0 radical (unpaired) electrons. The Kier molecular flexibility index (Phi) is 2.70. The summed E-state index contributed by atoms with van der Waals surface area (Å²) in [7, 11) is 0. The Morgan fingerprint density at radius 1 is 1.38 bits per heavy atom. The zero-order valence-electron chi connectivity index (χ0n) is 8.63. The molecule has 0 aliphatic heterocycles. The maximum atomic E-state index is 13.8. The smallest absolute Gasteiger partial charge is 0.181 e. The lowest BCUT2D eigenvalue weighted by Crippen LogP contribution is -2.01. The van der Waals surface area contributed by atoms with Gasteiger partial charge >= 0.3 is 0 Å². The van der Waals surface area contributed by atoms with Crippen molar-refractivity contribution < 1.29 is 13.2 Å². The molecule has 1 aromatic carbocycles. The number of nitrogens with zero attached hydrogens (tertiary/aromatic N) is 1. The highest BCUT2D eigenvalue weighted by Crippen LogP contribution is 2.30. The fourth-order valence-electron chi connectivity index (χ4n) is 1.48. The molecule has 2 aromatic rings. The van der Waals surface area contributed by atoms with Crippen molar-refractivity contribution in [3.05, 3.63) is 41.4 Å². The summed E-state index contributed by atoms with van der Waals surface area (Å²) in [6.45, 7) is 1.62. The summed E-state index contributed by atoms with van der Waals surface area (Å²) >= 11 is 0. The van der Waals surface area contributed by atoms with Gasteiger partial charge in [0.1, 0.15) is 17.3 Å². The molecule has 0 fully saturated rings. The average molecular weight is 224 g/mol. The van der Waals surface area contributed by atoms with Crippen LogP contribution in [0.25, 0.3) is 11.3 Å². The molecule has 3 nitrogen and oxygen atoms in total. The molecule has 0 aliphatic carbocycles. The zero-order valence-corrected chi connectivity index (χ0v) is 8.63. The topological polar surface area (TPSA) is 52.0 Å². The van der Waals surface area contributed by atoms with Crippen LogP contribution in [0.2, 0.25) is 0 Å². The van der Waals surface area contributed by atoms with Gasteiger partial charge in [0, 0.05) is 6.54 Å². The van der Waals surface area contributed by atoms with Gasteiger partial charge in [-0.05, 0) is 18.6 Å². The van der Waals surface area contributed by atoms with Gasteiger partial charge in [-0.3, -0.25) is 0 Å². The van der Waals surface area contributed by atoms with E-state index in [0.29, 0.717) is 11.3 Å². The van der Waals surface area contributed by atoms with Crippen molar-refractivity contribution in [3.63, 3.8) is 0 Å². The summed E-state index contributed by atoms with van der Waals surface area (Å²) in [5.41, 5.74) is 5.87. The Morgan fingerprint density at radius 2 is 2.12 bits per heavy atom. The van der Waals surface area contributed by atoms with Gasteiger partial charge in [-0.15, -0.1) is 0 Å². The fourth-order valence-corrected chi connectivity index (χ4v) is 1.48. The van der Waals surface area contributed by atoms with E-state index in [-0.39, 0.29) is 17.9 Å². The Morgan fingerprint density at radius 3 is 2.81 bits per heavy atom. The van der Waals surface area contributed by atoms with Crippen molar-refractivity contribution in [1.82, 2.24) is 4.98 Å². The quantitative estimate of drug-likeness (QED) is 0.852. The van der Waals surface area contributed by atoms with Gasteiger partial charge in [0.2, 0.25) is 0 Å². The highest BCUT2D eigenvalue weighted by molar-refractivity contribution is 5.62. The molecule has 16 heavy (non-hydrogen) atoms. The summed E-state index contributed by atoms with van der Waals surface area (Å²) < 4.78 is 32.3. The third-order valence-electron chi connectivity index (χ3n) is 2.35. The number of aryl methyl sites for hydroxylation is 1. The van der Waals surface area contributed by atoms with Crippen molar-refractivity contribution in [2.45, 2.75) is 13.5 Å². The number of halogens is 2. The van der Waals surface area contributed by atoms with Crippen molar-refractivity contribution in [2.75, 3.05) is 0 Å². The second-order valence-corrected chi connectivity index (χ2v) is 3.39. The maximum absolute atomic E-state index is 13.8. The van der Waals surface area contributed by atoms with Crippen molar-refractivity contribution in [1.29, 1.82) is 0 Å². The van der Waals surface area contributed by atoms with E-state index in [9.17, 15) is 8.78 Å². The van der Waals surface area contributed by atoms with E-state index in [1.54, 1.807) is 6.92 Å². The van der Waals surface area contributed by atoms with Gasteiger partial charge in [-0.2, -0.15) is 0 Å². The number of nitrogens with two attached hydrogens (primary N) is 1. The number of benzene rings is 1. The summed E-state index contributed by atoms with van der Waals surface area (Å²) in [6.07, 6.45) is 1.12. The first-order chi connectivity index (χ1) is 7.65. The van der Waals surface area contributed by atoms with E-state index >= 15 is 0 Å². The molecule has 0 unspecified atom stereocenters. The third-order valence-corrected chi connectivity index (χ3v) is 2.35. The molecular formula is C11H10F2N2O. The SMILES string of the molecule is Cc1ccc(F)c(-c2ocnc2CN)c1F. The number of aromatic nitrogens is 1. The Labute approximate surface area is 90.9 Å². The molecule has 84 valence electrons. The molecule has 0 saturated carbocycles. The van der Waals surface area contributed by atoms with Crippen molar-refractivity contribution in [2.24, 2.45) is 5.73 Å². The first kappa shape index (κ1) is 10.8. The van der Waals surface area contributed by atoms with Gasteiger partial charge < -0.3 is 10.2 Å². The Bertz CT molecular complexity index is 523. The molecule has 0 bridgehead atoms. The lowest BCUT2D eigenvalue weighted by molar-refractivity contribution is 0.540. The minimum atomic E-state index is -0.686. The van der Waals surface area contributed by atoms with Crippen molar-refractivity contribution in [3.8, 4) is 11.3 Å². The normalized spacial score (nSPS) is 10.8. The summed E-state index contributed by atoms with van der Waals surface area (Å²) in [5.74, 6) is -1.28. The Hall–Kier alpha value is -1.75. The molecule has 0 aliphatic rings. The molecule has 0 saturated heterocycles. The molecule has 1 heterocycles. The van der Waals surface area contributed by atoms with Gasteiger partial charge in [-0.1, -0.05) is 6.07 Å². The third kappa shape index (κ3) is 1.59. The van der Waals surface area contributed by atoms with E-state index in [4.69, 9.17) is 10.2 Å². The van der Waals surface area contributed by atoms with Gasteiger partial charge in [0.05, 0.1) is 5.56 Å². The van der Waals surface area contributed by atoms with Crippen LogP contribution in [0.3, 0.4) is 0 Å². The minimum Gasteiger partial charge on any atom is -0.443 e. The van der Waals surface area contributed by atoms with Crippen LogP contribution in [-0.4, -0.2) is 4.98 Å².